The van der Waals surface area contributed by atoms with Crippen LogP contribution in [-0.2, 0) is 5.41 Å². The highest BCUT2D eigenvalue weighted by Crippen LogP contribution is 2.38. The Bertz CT molecular complexity index is 597. The van der Waals surface area contributed by atoms with E-state index in [9.17, 15) is 5.11 Å². The second-order valence-electron chi connectivity index (χ2n) is 6.27. The van der Waals surface area contributed by atoms with Crippen LogP contribution >= 0.6 is 12.6 Å². The van der Waals surface area contributed by atoms with Gasteiger partial charge in [0, 0.05) is 0 Å². The van der Waals surface area contributed by atoms with E-state index in [4.69, 9.17) is 12.6 Å². The quantitative estimate of drug-likeness (QED) is 0.795. The third-order valence-electron chi connectivity index (χ3n) is 3.54. The van der Waals surface area contributed by atoms with Crippen LogP contribution in [0.15, 0.2) is 42.5 Å². The maximum absolute atomic E-state index is 10.3. The Morgan fingerprint density at radius 2 is 1.60 bits per heavy atom. The molecule has 0 spiro atoms. The first-order valence-corrected chi connectivity index (χ1v) is 7.32. The van der Waals surface area contributed by atoms with Gasteiger partial charge in [-0.1, -0.05) is 75.9 Å². The van der Waals surface area contributed by atoms with Gasteiger partial charge in [0.1, 0.15) is 5.75 Å². The van der Waals surface area contributed by atoms with Crippen LogP contribution in [0.3, 0.4) is 0 Å². The fourth-order valence-corrected chi connectivity index (χ4v) is 2.64. The van der Waals surface area contributed by atoms with E-state index in [-0.39, 0.29) is 10.7 Å². The largest absolute Gasteiger partial charge is 0.507 e. The molecule has 1 N–H and O–H groups in total. The Kier molecular flexibility index (Phi) is 4.14. The summed E-state index contributed by atoms with van der Waals surface area (Å²) in [5, 5.41) is 10.2. The number of hydrogen-bond acceptors (Lipinski definition) is 1. The fraction of sp³-hybridized carbons (Fsp3) is 0.333. The maximum atomic E-state index is 10.3. The first-order chi connectivity index (χ1) is 9.30. The minimum Gasteiger partial charge on any atom is -0.507 e. The van der Waals surface area contributed by atoms with Crippen molar-refractivity contribution >= 4 is 12.6 Å². The molecule has 2 rings (SSSR count). The first kappa shape index (κ1) is 15.0. The normalized spacial score (nSPS) is 13.2. The molecular weight excluding hydrogens is 264 g/mol. The molecule has 2 aromatic carbocycles. The molecule has 0 aromatic heterocycles. The lowest BCUT2D eigenvalue weighted by molar-refractivity contribution is 0.442. The lowest BCUT2D eigenvalue weighted by Crippen LogP contribution is -2.13. The highest BCUT2D eigenvalue weighted by molar-refractivity contribution is 7.80. The van der Waals surface area contributed by atoms with Gasteiger partial charge in [0.15, 0.2) is 0 Å². The fourth-order valence-electron chi connectivity index (χ4n) is 2.35. The summed E-state index contributed by atoms with van der Waals surface area (Å²) in [5.41, 5.74) is 3.94. The Labute approximate surface area is 127 Å². The number of hydrogen-bond donors (Lipinski definition) is 1. The Morgan fingerprint density at radius 1 is 1.00 bits per heavy atom. The molecule has 0 aliphatic heterocycles. The summed E-state index contributed by atoms with van der Waals surface area (Å²) in [4.78, 5) is 0. The zero-order valence-corrected chi connectivity index (χ0v) is 13.3. The van der Waals surface area contributed by atoms with E-state index in [2.05, 4.69) is 32.9 Å². The third kappa shape index (κ3) is 3.01. The summed E-state index contributed by atoms with van der Waals surface area (Å²) in [6, 6.07) is 14.2. The van der Waals surface area contributed by atoms with Crippen LogP contribution in [0.1, 0.15) is 48.3 Å². The summed E-state index contributed by atoms with van der Waals surface area (Å²) in [7, 11) is 0. The molecule has 0 saturated carbocycles. The van der Waals surface area contributed by atoms with Crippen molar-refractivity contribution in [2.24, 2.45) is 0 Å². The van der Waals surface area contributed by atoms with Gasteiger partial charge in [0.2, 0.25) is 0 Å². The molecular formula is C18H21OS. The minimum absolute atomic E-state index is 0.0865. The van der Waals surface area contributed by atoms with Crippen molar-refractivity contribution < 1.29 is 5.11 Å². The van der Waals surface area contributed by atoms with Gasteiger partial charge in [0.25, 0.3) is 0 Å². The zero-order valence-electron chi connectivity index (χ0n) is 12.5. The van der Waals surface area contributed by atoms with Gasteiger partial charge in [-0.25, -0.2) is 0 Å². The van der Waals surface area contributed by atoms with Gasteiger partial charge in [0.05, 0.1) is 5.25 Å². The molecule has 1 atom stereocenters. The monoisotopic (exact) mass is 285 g/mol. The number of benzene rings is 2. The molecule has 0 saturated heterocycles. The highest BCUT2D eigenvalue weighted by Gasteiger charge is 2.22. The van der Waals surface area contributed by atoms with Crippen LogP contribution in [0.4, 0.5) is 0 Å². The van der Waals surface area contributed by atoms with E-state index in [1.807, 2.05) is 37.3 Å². The van der Waals surface area contributed by atoms with Gasteiger partial charge in [-0.3, -0.25) is 0 Å². The second-order valence-corrected chi connectivity index (χ2v) is 6.75. The molecule has 20 heavy (non-hydrogen) atoms. The molecule has 2 heteroatoms. The molecule has 1 unspecified atom stereocenters. The van der Waals surface area contributed by atoms with E-state index in [1.54, 1.807) is 0 Å². The van der Waals surface area contributed by atoms with Crippen LogP contribution < -0.4 is 0 Å². The van der Waals surface area contributed by atoms with Crippen molar-refractivity contribution in [3.8, 4) is 5.75 Å². The van der Waals surface area contributed by atoms with Gasteiger partial charge in [-0.2, -0.15) is 0 Å². The van der Waals surface area contributed by atoms with Gasteiger partial charge in [-0.05, 0) is 34.6 Å². The molecule has 0 fully saturated rings. The molecule has 105 valence electrons. The number of phenols is 1. The molecule has 0 aliphatic carbocycles. The van der Waals surface area contributed by atoms with Crippen molar-refractivity contribution in [3.05, 3.63) is 64.7 Å². The summed E-state index contributed by atoms with van der Waals surface area (Å²) in [6.45, 7) is 8.24. The molecule has 1 nitrogen and oxygen atoms in total. The SMILES string of the molecule is Cc1cc(C([S])c2ccccc2)cc(C(C)(C)C)c1O. The van der Waals surface area contributed by atoms with Crippen molar-refractivity contribution in [2.75, 3.05) is 0 Å². The maximum Gasteiger partial charge on any atom is 0.122 e. The van der Waals surface area contributed by atoms with Crippen molar-refractivity contribution in [2.45, 2.75) is 38.4 Å². The Hall–Kier alpha value is -1.41. The molecule has 0 amide bonds. The second kappa shape index (κ2) is 5.53. The zero-order chi connectivity index (χ0) is 14.9. The van der Waals surface area contributed by atoms with Crippen LogP contribution in [0.5, 0.6) is 5.75 Å². The number of aromatic hydroxyl groups is 1. The van der Waals surface area contributed by atoms with E-state index < -0.39 is 0 Å². The standard InChI is InChI=1S/C18H21OS/c1-12-10-14(11-15(16(12)19)18(2,3)4)17(20)13-8-6-5-7-9-13/h5-11,17,19H,1-4H3. The van der Waals surface area contributed by atoms with E-state index >= 15 is 0 Å². The highest BCUT2D eigenvalue weighted by atomic mass is 32.1. The smallest absolute Gasteiger partial charge is 0.122 e. The summed E-state index contributed by atoms with van der Waals surface area (Å²) >= 11 is 5.67. The minimum atomic E-state index is -0.101. The van der Waals surface area contributed by atoms with Crippen LogP contribution in [0.25, 0.3) is 0 Å². The number of phenolic OH excluding ortho intramolecular Hbond substituents is 1. The first-order valence-electron chi connectivity index (χ1n) is 6.85. The van der Waals surface area contributed by atoms with E-state index in [1.165, 1.54) is 0 Å². The number of aryl methyl sites for hydroxylation is 1. The van der Waals surface area contributed by atoms with Crippen LogP contribution in [0, 0.1) is 6.92 Å². The van der Waals surface area contributed by atoms with Crippen molar-refractivity contribution in [1.29, 1.82) is 0 Å². The third-order valence-corrected chi connectivity index (χ3v) is 4.08. The average molecular weight is 285 g/mol. The number of rotatable bonds is 2. The van der Waals surface area contributed by atoms with Crippen molar-refractivity contribution in [3.63, 3.8) is 0 Å². The van der Waals surface area contributed by atoms with Gasteiger partial charge < -0.3 is 5.11 Å². The molecule has 1 radical (unpaired) electrons. The predicted octanol–water partition coefficient (Wildman–Crippen LogP) is 5.29. The van der Waals surface area contributed by atoms with Gasteiger partial charge in [-0.15, -0.1) is 0 Å². The Balaban J connectivity index is 2.51. The van der Waals surface area contributed by atoms with Crippen LogP contribution in [0.2, 0.25) is 0 Å². The summed E-state index contributed by atoms with van der Waals surface area (Å²) in [6.07, 6.45) is 0. The predicted molar refractivity (Wildman–Crippen MR) is 87.4 cm³/mol. The lowest BCUT2D eigenvalue weighted by atomic mass is 9.83. The molecule has 0 aliphatic rings. The molecule has 0 heterocycles. The van der Waals surface area contributed by atoms with E-state index in [0.29, 0.717) is 5.75 Å². The van der Waals surface area contributed by atoms with Crippen LogP contribution in [-0.4, -0.2) is 5.11 Å². The van der Waals surface area contributed by atoms with Gasteiger partial charge >= 0.3 is 0 Å². The van der Waals surface area contributed by atoms with E-state index in [0.717, 1.165) is 22.3 Å². The van der Waals surface area contributed by atoms with Crippen molar-refractivity contribution in [1.82, 2.24) is 0 Å². The summed E-state index contributed by atoms with van der Waals surface area (Å²) in [5.74, 6) is 0.386. The average Bonchev–Trinajstić information content (AvgIpc) is 2.40. The lowest BCUT2D eigenvalue weighted by Gasteiger charge is -2.24. The summed E-state index contributed by atoms with van der Waals surface area (Å²) < 4.78 is 0. The topological polar surface area (TPSA) is 20.2 Å². The molecule has 2 aromatic rings. The molecule has 0 bridgehead atoms. The Morgan fingerprint density at radius 3 is 2.15 bits per heavy atom.